The average Bonchev–Trinajstić information content (AvgIpc) is 3.52. The van der Waals surface area contributed by atoms with E-state index in [1.807, 2.05) is 19.9 Å². The summed E-state index contributed by atoms with van der Waals surface area (Å²) in [4.78, 5) is 26.0. The van der Waals surface area contributed by atoms with Crippen LogP contribution in [0.2, 0.25) is 0 Å². The SMILES string of the molecule is CC(C)CNS(=O)(=O)c1ccc(-c2ccc(NC(=O)C(=Cc3cccc(C#N)c3)NC(=O)c3ccco3)cc2)cc1. The number of carbonyl (C=O) groups is 2. The van der Waals surface area contributed by atoms with Crippen molar-refractivity contribution >= 4 is 33.6 Å². The Kier molecular flexibility index (Phi) is 9.14. The highest BCUT2D eigenvalue weighted by Gasteiger charge is 2.17. The van der Waals surface area contributed by atoms with Gasteiger partial charge in [0.2, 0.25) is 10.0 Å². The fourth-order valence-corrected chi connectivity index (χ4v) is 4.96. The van der Waals surface area contributed by atoms with Crippen molar-refractivity contribution in [2.75, 3.05) is 11.9 Å². The Morgan fingerprint density at radius 2 is 1.63 bits per heavy atom. The van der Waals surface area contributed by atoms with Crippen LogP contribution in [-0.4, -0.2) is 26.8 Å². The molecule has 1 aromatic heterocycles. The first kappa shape index (κ1) is 29.0. The monoisotopic (exact) mass is 568 g/mol. The zero-order chi connectivity index (χ0) is 29.4. The summed E-state index contributed by atoms with van der Waals surface area (Å²) in [5.41, 5.74) is 3.00. The van der Waals surface area contributed by atoms with Crippen molar-refractivity contribution in [1.82, 2.24) is 10.0 Å². The lowest BCUT2D eigenvalue weighted by Gasteiger charge is -2.12. The van der Waals surface area contributed by atoms with Crippen LogP contribution in [0.4, 0.5) is 5.69 Å². The molecule has 0 spiro atoms. The lowest BCUT2D eigenvalue weighted by Crippen LogP contribution is -2.30. The molecule has 0 atom stereocenters. The van der Waals surface area contributed by atoms with E-state index in [-0.39, 0.29) is 22.3 Å². The van der Waals surface area contributed by atoms with Crippen molar-refractivity contribution in [3.63, 3.8) is 0 Å². The van der Waals surface area contributed by atoms with Crippen LogP contribution in [0.1, 0.15) is 35.5 Å². The third-order valence-electron chi connectivity index (χ3n) is 5.89. The van der Waals surface area contributed by atoms with Crippen LogP contribution in [-0.2, 0) is 14.8 Å². The van der Waals surface area contributed by atoms with Crippen molar-refractivity contribution in [2.45, 2.75) is 18.7 Å². The number of nitrogens with one attached hydrogen (secondary N) is 3. The molecule has 0 fully saturated rings. The molecule has 0 unspecified atom stereocenters. The van der Waals surface area contributed by atoms with Crippen LogP contribution in [0.5, 0.6) is 0 Å². The summed E-state index contributed by atoms with van der Waals surface area (Å²) in [5, 5.41) is 14.5. The predicted octanol–water partition coefficient (Wildman–Crippen LogP) is 5.16. The van der Waals surface area contributed by atoms with E-state index in [1.54, 1.807) is 78.9 Å². The number of benzene rings is 3. The first-order chi connectivity index (χ1) is 19.6. The van der Waals surface area contributed by atoms with Crippen molar-refractivity contribution in [3.05, 3.63) is 114 Å². The molecule has 0 aliphatic carbocycles. The van der Waals surface area contributed by atoms with Crippen LogP contribution < -0.4 is 15.4 Å². The van der Waals surface area contributed by atoms with Crippen molar-refractivity contribution < 1.29 is 22.4 Å². The minimum atomic E-state index is -3.59. The van der Waals surface area contributed by atoms with Gasteiger partial charge in [-0.15, -0.1) is 0 Å². The minimum absolute atomic E-state index is 0.0355. The quantitative estimate of drug-likeness (QED) is 0.226. The Morgan fingerprint density at radius 3 is 2.24 bits per heavy atom. The van der Waals surface area contributed by atoms with E-state index in [1.165, 1.54) is 18.4 Å². The van der Waals surface area contributed by atoms with Gasteiger partial charge in [-0.2, -0.15) is 5.26 Å². The Balaban J connectivity index is 1.50. The normalized spacial score (nSPS) is 11.6. The first-order valence-corrected chi connectivity index (χ1v) is 14.2. The van der Waals surface area contributed by atoms with Gasteiger partial charge < -0.3 is 15.1 Å². The summed E-state index contributed by atoms with van der Waals surface area (Å²) in [5.74, 6) is -0.957. The minimum Gasteiger partial charge on any atom is -0.459 e. The smallest absolute Gasteiger partial charge is 0.291 e. The Morgan fingerprint density at radius 1 is 0.951 bits per heavy atom. The van der Waals surface area contributed by atoms with Gasteiger partial charge in [0.1, 0.15) is 5.70 Å². The number of hydrogen-bond acceptors (Lipinski definition) is 6. The van der Waals surface area contributed by atoms with Crippen LogP contribution in [0.15, 0.2) is 106 Å². The molecule has 208 valence electrons. The zero-order valence-corrected chi connectivity index (χ0v) is 23.2. The first-order valence-electron chi connectivity index (χ1n) is 12.7. The summed E-state index contributed by atoms with van der Waals surface area (Å²) >= 11 is 0. The second kappa shape index (κ2) is 12.9. The molecule has 41 heavy (non-hydrogen) atoms. The molecule has 9 nitrogen and oxygen atoms in total. The molecule has 0 bridgehead atoms. The number of anilines is 1. The fourth-order valence-electron chi connectivity index (χ4n) is 3.75. The third-order valence-corrected chi connectivity index (χ3v) is 7.33. The van der Waals surface area contributed by atoms with E-state index in [0.29, 0.717) is 23.4 Å². The highest BCUT2D eigenvalue weighted by atomic mass is 32.2. The van der Waals surface area contributed by atoms with Crippen LogP contribution in [0.25, 0.3) is 17.2 Å². The standard InChI is InChI=1S/C31H28N4O5S/c1-21(2)20-33-41(38,39)27-14-10-25(11-15-27)24-8-12-26(13-9-24)34-30(36)28(35-31(37)29-7-4-16-40-29)18-22-5-3-6-23(17-22)19-32/h3-18,21,33H,20H2,1-2H3,(H,34,36)(H,35,37). The molecule has 0 aliphatic heterocycles. The molecule has 10 heteroatoms. The lowest BCUT2D eigenvalue weighted by atomic mass is 10.1. The van der Waals surface area contributed by atoms with Gasteiger partial charge in [0.25, 0.3) is 11.8 Å². The number of furan rings is 1. The molecule has 4 aromatic rings. The van der Waals surface area contributed by atoms with E-state index in [0.717, 1.165) is 11.1 Å². The topological polar surface area (TPSA) is 141 Å². The second-order valence-electron chi connectivity index (χ2n) is 9.53. The molecule has 0 radical (unpaired) electrons. The maximum Gasteiger partial charge on any atom is 0.291 e. The number of hydrogen-bond donors (Lipinski definition) is 3. The Hall–Kier alpha value is -4.98. The molecule has 2 amide bonds. The van der Waals surface area contributed by atoms with Gasteiger partial charge in [-0.05, 0) is 77.2 Å². The summed E-state index contributed by atoms with van der Waals surface area (Å²) < 4.78 is 32.7. The summed E-state index contributed by atoms with van der Waals surface area (Å²) in [7, 11) is -3.59. The molecule has 4 rings (SSSR count). The molecule has 0 saturated carbocycles. The van der Waals surface area contributed by atoms with E-state index in [4.69, 9.17) is 4.42 Å². The maximum absolute atomic E-state index is 13.2. The number of nitriles is 1. The summed E-state index contributed by atoms with van der Waals surface area (Å²) in [6, 6.07) is 25.2. The molecule has 3 aromatic carbocycles. The van der Waals surface area contributed by atoms with Gasteiger partial charge in [0.05, 0.1) is 22.8 Å². The van der Waals surface area contributed by atoms with Crippen molar-refractivity contribution in [3.8, 4) is 17.2 Å². The second-order valence-corrected chi connectivity index (χ2v) is 11.3. The Bertz CT molecular complexity index is 1700. The van der Waals surface area contributed by atoms with Gasteiger partial charge in [-0.1, -0.05) is 50.2 Å². The van der Waals surface area contributed by atoms with Crippen molar-refractivity contribution in [2.24, 2.45) is 5.92 Å². The summed E-state index contributed by atoms with van der Waals surface area (Å²) in [6.45, 7) is 4.22. The molecular weight excluding hydrogens is 540 g/mol. The van der Waals surface area contributed by atoms with Gasteiger partial charge in [0, 0.05) is 12.2 Å². The van der Waals surface area contributed by atoms with E-state index < -0.39 is 21.8 Å². The molecule has 0 saturated heterocycles. The third kappa shape index (κ3) is 7.79. The number of nitrogens with zero attached hydrogens (tertiary/aromatic N) is 1. The zero-order valence-electron chi connectivity index (χ0n) is 22.4. The van der Waals surface area contributed by atoms with E-state index in [9.17, 15) is 23.3 Å². The van der Waals surface area contributed by atoms with Crippen LogP contribution >= 0.6 is 0 Å². The molecule has 3 N–H and O–H groups in total. The number of sulfonamides is 1. The summed E-state index contributed by atoms with van der Waals surface area (Å²) in [6.07, 6.45) is 2.82. The number of carbonyl (C=O) groups excluding carboxylic acids is 2. The Labute approximate surface area is 238 Å². The fraction of sp³-hybridized carbons (Fsp3) is 0.129. The van der Waals surface area contributed by atoms with E-state index >= 15 is 0 Å². The van der Waals surface area contributed by atoms with Crippen LogP contribution in [0, 0.1) is 17.2 Å². The van der Waals surface area contributed by atoms with E-state index in [2.05, 4.69) is 15.4 Å². The van der Waals surface area contributed by atoms with Gasteiger partial charge in [0.15, 0.2) is 5.76 Å². The molecular formula is C31H28N4O5S. The number of rotatable bonds is 10. The van der Waals surface area contributed by atoms with Gasteiger partial charge >= 0.3 is 0 Å². The molecule has 1 heterocycles. The number of amides is 2. The lowest BCUT2D eigenvalue weighted by molar-refractivity contribution is -0.113. The maximum atomic E-state index is 13.2. The average molecular weight is 569 g/mol. The predicted molar refractivity (Wildman–Crippen MR) is 156 cm³/mol. The highest BCUT2D eigenvalue weighted by molar-refractivity contribution is 7.89. The van der Waals surface area contributed by atoms with Gasteiger partial charge in [-0.3, -0.25) is 9.59 Å². The molecule has 0 aliphatic rings. The highest BCUT2D eigenvalue weighted by Crippen LogP contribution is 2.23. The largest absolute Gasteiger partial charge is 0.459 e. The van der Waals surface area contributed by atoms with Crippen molar-refractivity contribution in [1.29, 1.82) is 5.26 Å². The van der Waals surface area contributed by atoms with Gasteiger partial charge in [-0.25, -0.2) is 13.1 Å². The van der Waals surface area contributed by atoms with Crippen LogP contribution in [0.3, 0.4) is 0 Å².